The van der Waals surface area contributed by atoms with E-state index in [1.807, 2.05) is 17.8 Å². The van der Waals surface area contributed by atoms with Crippen LogP contribution in [0.2, 0.25) is 0 Å². The summed E-state index contributed by atoms with van der Waals surface area (Å²) in [6.45, 7) is 0. The van der Waals surface area contributed by atoms with Gasteiger partial charge in [-0.15, -0.1) is 11.8 Å². The van der Waals surface area contributed by atoms with Crippen molar-refractivity contribution in [3.8, 4) is 0 Å². The first-order valence-corrected chi connectivity index (χ1v) is 6.68. The van der Waals surface area contributed by atoms with Crippen LogP contribution < -0.4 is 0 Å². The maximum Gasteiger partial charge on any atom is 0.117 e. The van der Waals surface area contributed by atoms with Crippen molar-refractivity contribution in [2.75, 3.05) is 0 Å². The molecule has 0 saturated heterocycles. The minimum atomic E-state index is 0.762. The average Bonchev–Trinajstić information content (AvgIpc) is 2.82. The number of hydrogen-bond donors (Lipinski definition) is 0. The van der Waals surface area contributed by atoms with Crippen LogP contribution in [0.15, 0.2) is 35.6 Å². The van der Waals surface area contributed by atoms with Gasteiger partial charge in [-0.25, -0.2) is 9.97 Å². The predicted molar refractivity (Wildman–Crippen MR) is 67.7 cm³/mol. The van der Waals surface area contributed by atoms with E-state index in [9.17, 15) is 0 Å². The Balaban J connectivity index is 1.96. The molecule has 0 amide bonds. The van der Waals surface area contributed by atoms with E-state index >= 15 is 0 Å². The number of para-hydroxylation sites is 1. The topological polar surface area (TPSA) is 25.8 Å². The third kappa shape index (κ3) is 1.92. The highest BCUT2D eigenvalue weighted by molar-refractivity contribution is 8.00. The summed E-state index contributed by atoms with van der Waals surface area (Å²) in [6, 6.07) is 8.26. The van der Waals surface area contributed by atoms with Gasteiger partial charge in [-0.2, -0.15) is 0 Å². The van der Waals surface area contributed by atoms with E-state index in [1.54, 1.807) is 6.33 Å². The van der Waals surface area contributed by atoms with Crippen molar-refractivity contribution < 1.29 is 0 Å². The van der Waals surface area contributed by atoms with Gasteiger partial charge < -0.3 is 0 Å². The number of nitrogens with zero attached hydrogens (tertiary/aromatic N) is 2. The smallest absolute Gasteiger partial charge is 0.117 e. The molecule has 1 heterocycles. The Kier molecular flexibility index (Phi) is 2.79. The molecule has 0 bridgehead atoms. The monoisotopic (exact) mass is 230 g/mol. The van der Waals surface area contributed by atoms with Crippen LogP contribution in [0.4, 0.5) is 0 Å². The Morgan fingerprint density at radius 2 is 1.88 bits per heavy atom. The normalized spacial score (nSPS) is 17.0. The Morgan fingerprint density at radius 3 is 2.75 bits per heavy atom. The fourth-order valence-electron chi connectivity index (χ4n) is 2.24. The second kappa shape index (κ2) is 4.42. The summed E-state index contributed by atoms with van der Waals surface area (Å²) in [5, 5.41) is 3.11. The van der Waals surface area contributed by atoms with Crippen molar-refractivity contribution in [1.82, 2.24) is 9.97 Å². The first-order chi connectivity index (χ1) is 7.93. The molecular formula is C13H14N2S. The zero-order valence-electron chi connectivity index (χ0n) is 9.10. The lowest BCUT2D eigenvalue weighted by Gasteiger charge is -2.09. The van der Waals surface area contributed by atoms with Gasteiger partial charge >= 0.3 is 0 Å². The molecule has 0 atom stereocenters. The summed E-state index contributed by atoms with van der Waals surface area (Å²) >= 11 is 1.93. The highest BCUT2D eigenvalue weighted by atomic mass is 32.2. The quantitative estimate of drug-likeness (QED) is 0.736. The van der Waals surface area contributed by atoms with E-state index in [1.165, 1.54) is 31.1 Å². The molecule has 1 aliphatic carbocycles. The van der Waals surface area contributed by atoms with E-state index < -0.39 is 0 Å². The molecule has 0 N–H and O–H groups in total. The Hall–Kier alpha value is -1.09. The third-order valence-electron chi connectivity index (χ3n) is 3.09. The molecule has 0 unspecified atom stereocenters. The van der Waals surface area contributed by atoms with E-state index in [0.29, 0.717) is 0 Å². The highest BCUT2D eigenvalue weighted by Crippen LogP contribution is 2.36. The summed E-state index contributed by atoms with van der Waals surface area (Å²) < 4.78 is 0. The number of benzene rings is 1. The molecule has 1 fully saturated rings. The van der Waals surface area contributed by atoms with Crippen molar-refractivity contribution in [3.05, 3.63) is 30.6 Å². The van der Waals surface area contributed by atoms with E-state index in [4.69, 9.17) is 0 Å². The van der Waals surface area contributed by atoms with Crippen LogP contribution in [0.1, 0.15) is 25.7 Å². The molecule has 1 aromatic carbocycles. The molecule has 0 radical (unpaired) electrons. The second-order valence-corrected chi connectivity index (χ2v) is 5.51. The Labute approximate surface area is 99.5 Å². The number of thioether (sulfide) groups is 1. The van der Waals surface area contributed by atoms with Crippen molar-refractivity contribution in [2.45, 2.75) is 36.0 Å². The molecule has 1 saturated carbocycles. The standard InChI is InChI=1S/C13H14N2S/c1-2-6-10(5-1)16-13-11-7-3-4-8-12(11)14-9-15-13/h3-4,7-10H,1-2,5-6H2. The molecule has 16 heavy (non-hydrogen) atoms. The van der Waals surface area contributed by atoms with Crippen molar-refractivity contribution in [1.29, 1.82) is 0 Å². The minimum Gasteiger partial charge on any atom is -0.236 e. The van der Waals surface area contributed by atoms with Crippen molar-refractivity contribution in [3.63, 3.8) is 0 Å². The molecule has 0 aliphatic heterocycles. The van der Waals surface area contributed by atoms with Gasteiger partial charge in [0, 0.05) is 10.6 Å². The minimum absolute atomic E-state index is 0.762. The first-order valence-electron chi connectivity index (χ1n) is 5.80. The number of aromatic nitrogens is 2. The average molecular weight is 230 g/mol. The Bertz CT molecular complexity index is 487. The van der Waals surface area contributed by atoms with Crippen LogP contribution >= 0.6 is 11.8 Å². The van der Waals surface area contributed by atoms with E-state index in [0.717, 1.165) is 15.8 Å². The maximum absolute atomic E-state index is 4.42. The van der Waals surface area contributed by atoms with Gasteiger partial charge in [0.1, 0.15) is 11.4 Å². The van der Waals surface area contributed by atoms with Crippen LogP contribution in [-0.4, -0.2) is 15.2 Å². The van der Waals surface area contributed by atoms with Crippen molar-refractivity contribution in [2.24, 2.45) is 0 Å². The van der Waals surface area contributed by atoms with Gasteiger partial charge in [0.15, 0.2) is 0 Å². The highest BCUT2D eigenvalue weighted by Gasteiger charge is 2.17. The lowest BCUT2D eigenvalue weighted by molar-refractivity contribution is 0.886. The van der Waals surface area contributed by atoms with Gasteiger partial charge in [-0.05, 0) is 18.9 Å². The van der Waals surface area contributed by atoms with Crippen molar-refractivity contribution >= 4 is 22.7 Å². The second-order valence-electron chi connectivity index (χ2n) is 4.22. The van der Waals surface area contributed by atoms with E-state index in [2.05, 4.69) is 28.2 Å². The number of hydrogen-bond acceptors (Lipinski definition) is 3. The summed E-state index contributed by atoms with van der Waals surface area (Å²) in [6.07, 6.45) is 7.10. The van der Waals surface area contributed by atoms with E-state index in [-0.39, 0.29) is 0 Å². The van der Waals surface area contributed by atoms with Crippen LogP contribution in [0.5, 0.6) is 0 Å². The van der Waals surface area contributed by atoms with Gasteiger partial charge in [-0.3, -0.25) is 0 Å². The van der Waals surface area contributed by atoms with Gasteiger partial charge in [-0.1, -0.05) is 31.0 Å². The molecule has 2 aromatic rings. The van der Waals surface area contributed by atoms with Crippen LogP contribution in [0, 0.1) is 0 Å². The summed E-state index contributed by atoms with van der Waals surface area (Å²) in [5.41, 5.74) is 1.05. The summed E-state index contributed by atoms with van der Waals surface area (Å²) in [7, 11) is 0. The third-order valence-corrected chi connectivity index (χ3v) is 4.44. The van der Waals surface area contributed by atoms with Gasteiger partial charge in [0.25, 0.3) is 0 Å². The Morgan fingerprint density at radius 1 is 1.06 bits per heavy atom. The molecular weight excluding hydrogens is 216 g/mol. The fraction of sp³-hybridized carbons (Fsp3) is 0.385. The molecule has 0 spiro atoms. The van der Waals surface area contributed by atoms with Crippen LogP contribution in [0.25, 0.3) is 10.9 Å². The molecule has 1 aliphatic rings. The molecule has 82 valence electrons. The molecule has 1 aromatic heterocycles. The SMILES string of the molecule is c1ccc2c(SC3CCCC3)ncnc2c1. The number of rotatable bonds is 2. The first kappa shape index (κ1) is 10.1. The maximum atomic E-state index is 4.42. The van der Waals surface area contributed by atoms with Crippen LogP contribution in [-0.2, 0) is 0 Å². The molecule has 3 rings (SSSR count). The zero-order valence-corrected chi connectivity index (χ0v) is 9.91. The van der Waals surface area contributed by atoms with Crippen LogP contribution in [0.3, 0.4) is 0 Å². The number of fused-ring (bicyclic) bond motifs is 1. The zero-order chi connectivity index (χ0) is 10.8. The largest absolute Gasteiger partial charge is 0.236 e. The van der Waals surface area contributed by atoms with Gasteiger partial charge in [0.2, 0.25) is 0 Å². The lowest BCUT2D eigenvalue weighted by Crippen LogP contribution is -1.96. The predicted octanol–water partition coefficient (Wildman–Crippen LogP) is 3.66. The molecule has 2 nitrogen and oxygen atoms in total. The van der Waals surface area contributed by atoms with Gasteiger partial charge in [0.05, 0.1) is 5.52 Å². The summed E-state index contributed by atoms with van der Waals surface area (Å²) in [5.74, 6) is 0. The summed E-state index contributed by atoms with van der Waals surface area (Å²) in [4.78, 5) is 8.71. The molecule has 3 heteroatoms. The fourth-order valence-corrected chi connectivity index (χ4v) is 3.53. The lowest BCUT2D eigenvalue weighted by atomic mass is 10.2.